The van der Waals surface area contributed by atoms with Crippen molar-refractivity contribution in [3.63, 3.8) is 0 Å². The van der Waals surface area contributed by atoms with Crippen molar-refractivity contribution in [3.05, 3.63) is 23.2 Å². The minimum atomic E-state index is -0.0483. The fourth-order valence-corrected chi connectivity index (χ4v) is 3.06. The predicted molar refractivity (Wildman–Crippen MR) is 99.3 cm³/mol. The maximum absolute atomic E-state index is 11.2. The number of ether oxygens (including phenoxy) is 1. The number of esters is 1. The molecule has 0 aliphatic heterocycles. The summed E-state index contributed by atoms with van der Waals surface area (Å²) >= 11 is 0. The van der Waals surface area contributed by atoms with Crippen LogP contribution in [0.3, 0.4) is 0 Å². The van der Waals surface area contributed by atoms with Crippen LogP contribution in [0.1, 0.15) is 95.1 Å². The Bertz CT molecular complexity index is 448. The zero-order chi connectivity index (χ0) is 17.6. The van der Waals surface area contributed by atoms with Gasteiger partial charge in [-0.15, -0.1) is 0 Å². The fourth-order valence-electron chi connectivity index (χ4n) is 3.06. The van der Waals surface area contributed by atoms with Crippen molar-refractivity contribution >= 4 is 5.97 Å². The van der Waals surface area contributed by atoms with E-state index in [1.165, 1.54) is 49.8 Å². The van der Waals surface area contributed by atoms with Crippen LogP contribution >= 0.6 is 0 Å². The SMILES string of the molecule is CCCc1cc(C)c(CCCCCCCCCCC(=O)OCC)o1. The monoisotopic (exact) mass is 336 g/mol. The number of hydrogen-bond acceptors (Lipinski definition) is 3. The Labute approximate surface area is 148 Å². The highest BCUT2D eigenvalue weighted by Crippen LogP contribution is 2.19. The third kappa shape index (κ3) is 9.14. The van der Waals surface area contributed by atoms with E-state index in [-0.39, 0.29) is 5.97 Å². The van der Waals surface area contributed by atoms with Crippen molar-refractivity contribution in [1.29, 1.82) is 0 Å². The fraction of sp³-hybridized carbons (Fsp3) is 0.762. The van der Waals surface area contributed by atoms with Gasteiger partial charge < -0.3 is 9.15 Å². The summed E-state index contributed by atoms with van der Waals surface area (Å²) in [6.07, 6.45) is 13.6. The van der Waals surface area contributed by atoms with Gasteiger partial charge in [0.25, 0.3) is 0 Å². The number of rotatable bonds is 14. The summed E-state index contributed by atoms with van der Waals surface area (Å²) in [5.74, 6) is 2.29. The maximum Gasteiger partial charge on any atom is 0.305 e. The molecule has 0 saturated heterocycles. The molecule has 0 spiro atoms. The van der Waals surface area contributed by atoms with Crippen LogP contribution in [0, 0.1) is 6.92 Å². The molecular weight excluding hydrogens is 300 g/mol. The second-order valence-corrected chi connectivity index (χ2v) is 6.70. The maximum atomic E-state index is 11.2. The van der Waals surface area contributed by atoms with E-state index >= 15 is 0 Å². The molecular formula is C21H36O3. The van der Waals surface area contributed by atoms with Gasteiger partial charge in [0.15, 0.2) is 0 Å². The topological polar surface area (TPSA) is 39.4 Å². The smallest absolute Gasteiger partial charge is 0.305 e. The average Bonchev–Trinajstić information content (AvgIpc) is 2.89. The van der Waals surface area contributed by atoms with Gasteiger partial charge in [0.2, 0.25) is 0 Å². The lowest BCUT2D eigenvalue weighted by molar-refractivity contribution is -0.143. The first kappa shape index (κ1) is 20.8. The molecule has 24 heavy (non-hydrogen) atoms. The highest BCUT2D eigenvalue weighted by molar-refractivity contribution is 5.69. The largest absolute Gasteiger partial charge is 0.466 e. The first-order chi connectivity index (χ1) is 11.7. The third-order valence-corrected chi connectivity index (χ3v) is 4.41. The molecule has 1 heterocycles. The molecule has 0 bridgehead atoms. The number of unbranched alkanes of at least 4 members (excludes halogenated alkanes) is 7. The second-order valence-electron chi connectivity index (χ2n) is 6.70. The van der Waals surface area contributed by atoms with Crippen LogP contribution < -0.4 is 0 Å². The Balaban J connectivity index is 1.94. The van der Waals surface area contributed by atoms with Crippen molar-refractivity contribution in [3.8, 4) is 0 Å². The molecule has 1 aromatic heterocycles. The molecule has 1 aromatic rings. The minimum Gasteiger partial charge on any atom is -0.466 e. The molecule has 1 rings (SSSR count). The van der Waals surface area contributed by atoms with E-state index in [0.29, 0.717) is 13.0 Å². The molecule has 138 valence electrons. The normalized spacial score (nSPS) is 11.0. The lowest BCUT2D eigenvalue weighted by Crippen LogP contribution is -2.03. The zero-order valence-electron chi connectivity index (χ0n) is 16.0. The third-order valence-electron chi connectivity index (χ3n) is 4.41. The Morgan fingerprint density at radius 2 is 1.58 bits per heavy atom. The molecule has 0 fully saturated rings. The summed E-state index contributed by atoms with van der Waals surface area (Å²) in [7, 11) is 0. The van der Waals surface area contributed by atoms with E-state index in [1.54, 1.807) is 0 Å². The van der Waals surface area contributed by atoms with Crippen molar-refractivity contribution in [2.24, 2.45) is 0 Å². The molecule has 0 atom stereocenters. The Morgan fingerprint density at radius 1 is 0.958 bits per heavy atom. The van der Waals surface area contributed by atoms with Crippen molar-refractivity contribution < 1.29 is 13.9 Å². The summed E-state index contributed by atoms with van der Waals surface area (Å²) in [5.41, 5.74) is 1.32. The van der Waals surface area contributed by atoms with E-state index < -0.39 is 0 Å². The average molecular weight is 337 g/mol. The van der Waals surface area contributed by atoms with Gasteiger partial charge in [-0.25, -0.2) is 0 Å². The molecule has 0 N–H and O–H groups in total. The number of furan rings is 1. The van der Waals surface area contributed by atoms with Crippen LogP contribution in [-0.4, -0.2) is 12.6 Å². The lowest BCUT2D eigenvalue weighted by atomic mass is 10.1. The standard InChI is InChI=1S/C21H36O3/c1-4-14-19-17-18(3)20(24-19)15-12-10-8-6-7-9-11-13-16-21(22)23-5-2/h17H,4-16H2,1-3H3. The van der Waals surface area contributed by atoms with Gasteiger partial charge >= 0.3 is 5.97 Å². The van der Waals surface area contributed by atoms with Crippen LogP contribution in [-0.2, 0) is 22.4 Å². The molecule has 3 heteroatoms. The van der Waals surface area contributed by atoms with E-state index in [0.717, 1.165) is 37.9 Å². The molecule has 0 aliphatic carbocycles. The number of carbonyl (C=O) groups is 1. The minimum absolute atomic E-state index is 0.0483. The van der Waals surface area contributed by atoms with E-state index in [9.17, 15) is 4.79 Å². The van der Waals surface area contributed by atoms with Gasteiger partial charge in [-0.1, -0.05) is 45.4 Å². The molecule has 0 amide bonds. The predicted octanol–water partition coefficient (Wildman–Crippen LogP) is 6.16. The first-order valence-corrected chi connectivity index (χ1v) is 9.91. The van der Waals surface area contributed by atoms with Crippen LogP contribution in [0.5, 0.6) is 0 Å². The van der Waals surface area contributed by atoms with Gasteiger partial charge in [-0.2, -0.15) is 0 Å². The summed E-state index contributed by atoms with van der Waals surface area (Å²) in [4.78, 5) is 11.2. The highest BCUT2D eigenvalue weighted by atomic mass is 16.5. The molecule has 0 aliphatic rings. The lowest BCUT2D eigenvalue weighted by Gasteiger charge is -2.03. The van der Waals surface area contributed by atoms with Gasteiger partial charge in [0.1, 0.15) is 11.5 Å². The molecule has 0 unspecified atom stereocenters. The molecule has 0 saturated carbocycles. The Morgan fingerprint density at radius 3 is 2.21 bits per heavy atom. The van der Waals surface area contributed by atoms with Crippen LogP contribution in [0.4, 0.5) is 0 Å². The summed E-state index contributed by atoms with van der Waals surface area (Å²) in [5, 5.41) is 0. The van der Waals surface area contributed by atoms with Crippen molar-refractivity contribution in [2.45, 2.75) is 97.8 Å². The van der Waals surface area contributed by atoms with Crippen LogP contribution in [0.25, 0.3) is 0 Å². The summed E-state index contributed by atoms with van der Waals surface area (Å²) in [6.45, 7) is 6.70. The van der Waals surface area contributed by atoms with Crippen molar-refractivity contribution in [1.82, 2.24) is 0 Å². The van der Waals surface area contributed by atoms with Gasteiger partial charge in [-0.3, -0.25) is 4.79 Å². The van der Waals surface area contributed by atoms with E-state index in [1.807, 2.05) is 6.92 Å². The Hall–Kier alpha value is -1.25. The summed E-state index contributed by atoms with van der Waals surface area (Å²) < 4.78 is 10.9. The number of hydrogen-bond donors (Lipinski definition) is 0. The quantitative estimate of drug-likeness (QED) is 0.302. The zero-order valence-corrected chi connectivity index (χ0v) is 16.0. The second kappa shape index (κ2) is 13.1. The molecule has 3 nitrogen and oxygen atoms in total. The van der Waals surface area contributed by atoms with Crippen LogP contribution in [0.15, 0.2) is 10.5 Å². The van der Waals surface area contributed by atoms with Gasteiger partial charge in [0, 0.05) is 19.3 Å². The molecule has 0 aromatic carbocycles. The van der Waals surface area contributed by atoms with Gasteiger partial charge in [-0.05, 0) is 44.7 Å². The highest BCUT2D eigenvalue weighted by Gasteiger charge is 2.06. The van der Waals surface area contributed by atoms with Crippen LogP contribution in [0.2, 0.25) is 0 Å². The Kier molecular flexibility index (Phi) is 11.3. The first-order valence-electron chi connectivity index (χ1n) is 9.91. The number of aryl methyl sites for hydroxylation is 3. The molecule has 0 radical (unpaired) electrons. The number of carbonyl (C=O) groups excluding carboxylic acids is 1. The van der Waals surface area contributed by atoms with Crippen molar-refractivity contribution in [2.75, 3.05) is 6.61 Å². The van der Waals surface area contributed by atoms with Gasteiger partial charge in [0.05, 0.1) is 6.61 Å². The summed E-state index contributed by atoms with van der Waals surface area (Å²) in [6, 6.07) is 2.20. The van der Waals surface area contributed by atoms with E-state index in [2.05, 4.69) is 19.9 Å². The van der Waals surface area contributed by atoms with E-state index in [4.69, 9.17) is 9.15 Å².